The molecule has 7 heteroatoms. The van der Waals surface area contributed by atoms with Gasteiger partial charge in [0.15, 0.2) is 17.5 Å². The zero-order valence-electron chi connectivity index (χ0n) is 14.5. The molecule has 0 heterocycles. The average molecular weight is 384 g/mol. The van der Waals surface area contributed by atoms with Gasteiger partial charge in [-0.1, -0.05) is 60.7 Å². The van der Waals surface area contributed by atoms with Gasteiger partial charge in [0, 0.05) is 0 Å². The van der Waals surface area contributed by atoms with Gasteiger partial charge in [0.25, 0.3) is 0 Å². The lowest BCUT2D eigenvalue weighted by Gasteiger charge is -2.19. The molecule has 0 atom stereocenters. The maximum absolute atomic E-state index is 13.7. The first-order chi connectivity index (χ1) is 13.5. The summed E-state index contributed by atoms with van der Waals surface area (Å²) in [6.45, 7) is 0. The standard InChI is InChI=1S/C21H15F3N2O2/c22-15-11-12-16(18(24)17(15)23)25-20(27)21(28)26-19(13-7-3-1-4-8-13)14-9-5-2-6-10-14/h1-12,19H,(H,25,27)(H,26,28). The minimum Gasteiger partial charge on any atom is -0.337 e. The van der Waals surface area contributed by atoms with Gasteiger partial charge in [-0.3, -0.25) is 9.59 Å². The minimum absolute atomic E-state index is 0.629. The number of hydrogen-bond acceptors (Lipinski definition) is 2. The Morgan fingerprint density at radius 2 is 1.21 bits per heavy atom. The SMILES string of the molecule is O=C(Nc1ccc(F)c(F)c1F)C(=O)NC(c1ccccc1)c1ccccc1. The molecule has 0 aliphatic rings. The van der Waals surface area contributed by atoms with E-state index in [1.54, 1.807) is 48.5 Å². The maximum atomic E-state index is 13.7. The third-order valence-corrected chi connectivity index (χ3v) is 4.03. The van der Waals surface area contributed by atoms with Gasteiger partial charge in [-0.25, -0.2) is 13.2 Å². The van der Waals surface area contributed by atoms with E-state index in [9.17, 15) is 22.8 Å². The molecule has 0 aliphatic carbocycles. The van der Waals surface area contributed by atoms with Crippen LogP contribution in [0.4, 0.5) is 18.9 Å². The summed E-state index contributed by atoms with van der Waals surface area (Å²) in [5.74, 6) is -6.97. The van der Waals surface area contributed by atoms with Crippen LogP contribution in [0.15, 0.2) is 72.8 Å². The molecule has 2 N–H and O–H groups in total. The van der Waals surface area contributed by atoms with Gasteiger partial charge in [-0.2, -0.15) is 0 Å². The molecule has 4 nitrogen and oxygen atoms in total. The summed E-state index contributed by atoms with van der Waals surface area (Å²) >= 11 is 0. The summed E-state index contributed by atoms with van der Waals surface area (Å²) < 4.78 is 40.0. The lowest BCUT2D eigenvalue weighted by atomic mass is 9.99. The van der Waals surface area contributed by atoms with Gasteiger partial charge < -0.3 is 10.6 Å². The number of benzene rings is 3. The van der Waals surface area contributed by atoms with Crippen LogP contribution >= 0.6 is 0 Å². The number of hydrogen-bond donors (Lipinski definition) is 2. The van der Waals surface area contributed by atoms with Crippen molar-refractivity contribution in [2.45, 2.75) is 6.04 Å². The molecular formula is C21H15F3N2O2. The Labute approximate surface area is 159 Å². The zero-order valence-corrected chi connectivity index (χ0v) is 14.5. The van der Waals surface area contributed by atoms with E-state index in [-0.39, 0.29) is 0 Å². The molecule has 3 aromatic rings. The normalized spacial score (nSPS) is 10.6. The second-order valence-corrected chi connectivity index (χ2v) is 5.90. The quantitative estimate of drug-likeness (QED) is 0.529. The average Bonchev–Trinajstić information content (AvgIpc) is 2.73. The first kappa shape index (κ1) is 19.2. The monoisotopic (exact) mass is 384 g/mol. The van der Waals surface area contributed by atoms with Crippen LogP contribution in [0.25, 0.3) is 0 Å². The van der Waals surface area contributed by atoms with Crippen LogP contribution in [-0.2, 0) is 9.59 Å². The van der Waals surface area contributed by atoms with Crippen LogP contribution in [0.2, 0.25) is 0 Å². The molecule has 28 heavy (non-hydrogen) atoms. The minimum atomic E-state index is -1.73. The van der Waals surface area contributed by atoms with Crippen LogP contribution in [0, 0.1) is 17.5 Å². The van der Waals surface area contributed by atoms with Crippen molar-refractivity contribution >= 4 is 17.5 Å². The molecule has 0 fully saturated rings. The maximum Gasteiger partial charge on any atom is 0.313 e. The largest absolute Gasteiger partial charge is 0.337 e. The van der Waals surface area contributed by atoms with Crippen molar-refractivity contribution in [3.63, 3.8) is 0 Å². The zero-order chi connectivity index (χ0) is 20.1. The Bertz CT molecular complexity index is 956. The number of amides is 2. The lowest BCUT2D eigenvalue weighted by Crippen LogP contribution is -2.38. The third kappa shape index (κ3) is 4.20. The lowest BCUT2D eigenvalue weighted by molar-refractivity contribution is -0.136. The molecule has 2 amide bonds. The molecule has 3 rings (SSSR count). The topological polar surface area (TPSA) is 58.2 Å². The second kappa shape index (κ2) is 8.39. The summed E-state index contributed by atoms with van der Waals surface area (Å²) in [5, 5.41) is 4.53. The van der Waals surface area contributed by atoms with Crippen molar-refractivity contribution in [1.82, 2.24) is 5.32 Å². The highest BCUT2D eigenvalue weighted by atomic mass is 19.2. The van der Waals surface area contributed by atoms with Gasteiger partial charge in [-0.15, -0.1) is 0 Å². The molecule has 0 aromatic heterocycles. The van der Waals surface area contributed by atoms with E-state index in [1.807, 2.05) is 17.4 Å². The predicted octanol–water partition coefficient (Wildman–Crippen LogP) is 3.95. The molecule has 0 radical (unpaired) electrons. The van der Waals surface area contributed by atoms with E-state index >= 15 is 0 Å². The van der Waals surface area contributed by atoms with Crippen LogP contribution in [0.1, 0.15) is 17.2 Å². The number of carbonyl (C=O) groups excluding carboxylic acids is 2. The van der Waals surface area contributed by atoms with Crippen LogP contribution < -0.4 is 10.6 Å². The van der Waals surface area contributed by atoms with Crippen LogP contribution in [0.3, 0.4) is 0 Å². The summed E-state index contributed by atoms with van der Waals surface area (Å²) in [5.41, 5.74) is 0.831. The van der Waals surface area contributed by atoms with E-state index in [1.165, 1.54) is 0 Å². The van der Waals surface area contributed by atoms with Crippen molar-refractivity contribution in [2.24, 2.45) is 0 Å². The second-order valence-electron chi connectivity index (χ2n) is 5.90. The fourth-order valence-electron chi connectivity index (χ4n) is 2.65. The van der Waals surface area contributed by atoms with E-state index < -0.39 is 41.0 Å². The smallest absolute Gasteiger partial charge is 0.313 e. The molecule has 0 aliphatic heterocycles. The summed E-state index contributed by atoms with van der Waals surface area (Å²) in [6, 6.07) is 18.8. The molecule has 0 unspecified atom stereocenters. The van der Waals surface area contributed by atoms with Crippen molar-refractivity contribution in [3.8, 4) is 0 Å². The van der Waals surface area contributed by atoms with E-state index in [0.717, 1.165) is 17.2 Å². The van der Waals surface area contributed by atoms with Gasteiger partial charge in [0.1, 0.15) is 0 Å². The van der Waals surface area contributed by atoms with Crippen LogP contribution in [-0.4, -0.2) is 11.8 Å². The number of halogens is 3. The number of carbonyl (C=O) groups is 2. The highest BCUT2D eigenvalue weighted by Crippen LogP contribution is 2.22. The Balaban J connectivity index is 1.80. The van der Waals surface area contributed by atoms with Gasteiger partial charge in [-0.05, 0) is 23.3 Å². The first-order valence-corrected chi connectivity index (χ1v) is 8.32. The fraction of sp³-hybridized carbons (Fsp3) is 0.0476. The molecule has 0 saturated heterocycles. The molecule has 0 saturated carbocycles. The number of nitrogens with one attached hydrogen (secondary N) is 2. The van der Waals surface area contributed by atoms with Crippen molar-refractivity contribution in [2.75, 3.05) is 5.32 Å². The van der Waals surface area contributed by atoms with E-state index in [0.29, 0.717) is 6.07 Å². The van der Waals surface area contributed by atoms with Gasteiger partial charge >= 0.3 is 11.8 Å². The Kier molecular flexibility index (Phi) is 5.74. The molecule has 3 aromatic carbocycles. The van der Waals surface area contributed by atoms with Crippen molar-refractivity contribution in [3.05, 3.63) is 101 Å². The molecule has 0 bridgehead atoms. The summed E-state index contributed by atoms with van der Waals surface area (Å²) in [4.78, 5) is 24.5. The highest BCUT2D eigenvalue weighted by molar-refractivity contribution is 6.39. The Morgan fingerprint density at radius 1 is 0.679 bits per heavy atom. The first-order valence-electron chi connectivity index (χ1n) is 8.32. The van der Waals surface area contributed by atoms with Gasteiger partial charge in [0.05, 0.1) is 11.7 Å². The molecule has 142 valence electrons. The van der Waals surface area contributed by atoms with Crippen molar-refractivity contribution < 1.29 is 22.8 Å². The molecule has 0 spiro atoms. The Morgan fingerprint density at radius 3 is 1.75 bits per heavy atom. The van der Waals surface area contributed by atoms with Crippen LogP contribution in [0.5, 0.6) is 0 Å². The third-order valence-electron chi connectivity index (χ3n) is 4.03. The van der Waals surface area contributed by atoms with E-state index in [2.05, 4.69) is 5.32 Å². The Hall–Kier alpha value is -3.61. The number of rotatable bonds is 4. The predicted molar refractivity (Wildman–Crippen MR) is 97.8 cm³/mol. The van der Waals surface area contributed by atoms with E-state index in [4.69, 9.17) is 0 Å². The molecular weight excluding hydrogens is 369 g/mol. The fourth-order valence-corrected chi connectivity index (χ4v) is 2.65. The number of anilines is 1. The summed E-state index contributed by atoms with van der Waals surface area (Å²) in [6.07, 6.45) is 0. The summed E-state index contributed by atoms with van der Waals surface area (Å²) in [7, 11) is 0. The van der Waals surface area contributed by atoms with Crippen molar-refractivity contribution in [1.29, 1.82) is 0 Å². The van der Waals surface area contributed by atoms with Gasteiger partial charge in [0.2, 0.25) is 0 Å². The highest BCUT2D eigenvalue weighted by Gasteiger charge is 2.23.